The van der Waals surface area contributed by atoms with Crippen molar-refractivity contribution in [3.8, 4) is 0 Å². The number of hydrogen-bond donors (Lipinski definition) is 1. The van der Waals surface area contributed by atoms with Crippen LogP contribution in [0.25, 0.3) is 0 Å². The van der Waals surface area contributed by atoms with Gasteiger partial charge in [-0.05, 0) is 42.8 Å². The van der Waals surface area contributed by atoms with Gasteiger partial charge in [-0.3, -0.25) is 4.79 Å². The first-order valence-electron chi connectivity index (χ1n) is 7.53. The zero-order valence-electron chi connectivity index (χ0n) is 14.2. The summed E-state index contributed by atoms with van der Waals surface area (Å²) in [6.07, 6.45) is 0. The van der Waals surface area contributed by atoms with E-state index in [9.17, 15) is 13.2 Å². The predicted octanol–water partition coefficient (Wildman–Crippen LogP) is 2.90. The fraction of sp³-hybridized carbons (Fsp3) is 0.235. The van der Waals surface area contributed by atoms with Crippen LogP contribution in [0.3, 0.4) is 0 Å². The van der Waals surface area contributed by atoms with Gasteiger partial charge in [-0.25, -0.2) is 4.31 Å². The van der Waals surface area contributed by atoms with E-state index >= 15 is 0 Å². The molecule has 0 radical (unpaired) electrons. The van der Waals surface area contributed by atoms with Gasteiger partial charge in [0.05, 0.1) is 5.69 Å². The van der Waals surface area contributed by atoms with Crippen LogP contribution in [0.5, 0.6) is 0 Å². The molecule has 2 aromatic carbocycles. The lowest BCUT2D eigenvalue weighted by molar-refractivity contribution is -0.114. The van der Waals surface area contributed by atoms with Gasteiger partial charge in [0.15, 0.2) is 0 Å². The Balaban J connectivity index is 2.26. The quantitative estimate of drug-likeness (QED) is 0.836. The normalized spacial score (nSPS) is 11.4. The van der Waals surface area contributed by atoms with Crippen LogP contribution >= 0.6 is 11.6 Å². The molecule has 25 heavy (non-hydrogen) atoms. The van der Waals surface area contributed by atoms with E-state index in [-0.39, 0.29) is 6.54 Å². The van der Waals surface area contributed by atoms with Crippen molar-refractivity contribution in [2.24, 2.45) is 0 Å². The lowest BCUT2D eigenvalue weighted by atomic mass is 10.2. The van der Waals surface area contributed by atoms with Crippen LogP contribution in [0.2, 0.25) is 5.02 Å². The van der Waals surface area contributed by atoms with Crippen molar-refractivity contribution in [3.05, 3.63) is 59.1 Å². The Morgan fingerprint density at radius 3 is 2.32 bits per heavy atom. The molecule has 0 saturated carbocycles. The molecule has 1 amide bonds. The van der Waals surface area contributed by atoms with Gasteiger partial charge < -0.3 is 5.32 Å². The van der Waals surface area contributed by atoms with Gasteiger partial charge >= 0.3 is 10.2 Å². The fourth-order valence-electron chi connectivity index (χ4n) is 2.18. The number of para-hydroxylation sites is 1. The molecular weight excluding hydrogens is 362 g/mol. The molecular formula is C17H20ClN3O3S. The molecule has 0 bridgehead atoms. The Kier molecular flexibility index (Phi) is 6.05. The van der Waals surface area contributed by atoms with Crippen LogP contribution in [0, 0.1) is 6.92 Å². The molecule has 0 spiro atoms. The predicted molar refractivity (Wildman–Crippen MR) is 101 cm³/mol. The molecule has 0 aliphatic heterocycles. The molecule has 0 aliphatic carbocycles. The summed E-state index contributed by atoms with van der Waals surface area (Å²) in [6.45, 7) is 1.47. The second-order valence-electron chi connectivity index (χ2n) is 5.64. The van der Waals surface area contributed by atoms with Crippen molar-refractivity contribution in [1.29, 1.82) is 0 Å². The first kappa shape index (κ1) is 19.2. The number of carbonyl (C=O) groups excluding carboxylic acids is 1. The van der Waals surface area contributed by atoms with E-state index in [2.05, 4.69) is 5.32 Å². The van der Waals surface area contributed by atoms with Gasteiger partial charge in [-0.15, -0.1) is 0 Å². The van der Waals surface area contributed by atoms with Crippen LogP contribution in [0.1, 0.15) is 5.56 Å². The highest BCUT2D eigenvalue weighted by Gasteiger charge is 2.27. The van der Waals surface area contributed by atoms with Crippen molar-refractivity contribution >= 4 is 39.1 Å². The SMILES string of the molecule is Cc1cc(Cl)ccc1NC(=O)CN(c1ccccc1)S(=O)(=O)N(C)C. The summed E-state index contributed by atoms with van der Waals surface area (Å²) in [5, 5.41) is 3.29. The monoisotopic (exact) mass is 381 g/mol. The standard InChI is InChI=1S/C17H20ClN3O3S/c1-13-11-14(18)9-10-16(13)19-17(22)12-21(25(23,24)20(2)3)15-7-5-4-6-8-15/h4-11H,12H2,1-3H3,(H,19,22). The molecule has 2 rings (SSSR count). The summed E-state index contributed by atoms with van der Waals surface area (Å²) in [4.78, 5) is 12.4. The first-order valence-corrected chi connectivity index (χ1v) is 9.30. The van der Waals surface area contributed by atoms with Crippen molar-refractivity contribution in [2.75, 3.05) is 30.3 Å². The maximum atomic E-state index is 12.6. The van der Waals surface area contributed by atoms with E-state index in [1.165, 1.54) is 14.1 Å². The minimum absolute atomic E-state index is 0.341. The van der Waals surface area contributed by atoms with Crippen molar-refractivity contribution in [2.45, 2.75) is 6.92 Å². The molecule has 0 unspecified atom stereocenters. The van der Waals surface area contributed by atoms with Gasteiger partial charge in [0.25, 0.3) is 0 Å². The number of rotatable bonds is 6. The average molecular weight is 382 g/mol. The molecule has 8 heteroatoms. The summed E-state index contributed by atoms with van der Waals surface area (Å²) >= 11 is 5.91. The number of hydrogen-bond acceptors (Lipinski definition) is 3. The van der Waals surface area contributed by atoms with Crippen LogP contribution in [-0.2, 0) is 15.0 Å². The number of aryl methyl sites for hydroxylation is 1. The highest BCUT2D eigenvalue weighted by Crippen LogP contribution is 2.21. The van der Waals surface area contributed by atoms with E-state index in [4.69, 9.17) is 11.6 Å². The van der Waals surface area contributed by atoms with Crippen molar-refractivity contribution in [1.82, 2.24) is 4.31 Å². The van der Waals surface area contributed by atoms with E-state index < -0.39 is 16.1 Å². The van der Waals surface area contributed by atoms with Crippen LogP contribution in [-0.4, -0.2) is 39.3 Å². The lowest BCUT2D eigenvalue weighted by Crippen LogP contribution is -2.44. The molecule has 0 heterocycles. The fourth-order valence-corrected chi connectivity index (χ4v) is 3.47. The first-order chi connectivity index (χ1) is 11.7. The molecule has 1 N–H and O–H groups in total. The molecule has 0 aliphatic rings. The largest absolute Gasteiger partial charge is 0.324 e. The van der Waals surface area contributed by atoms with Crippen LogP contribution < -0.4 is 9.62 Å². The number of halogens is 1. The third kappa shape index (κ3) is 4.72. The third-order valence-electron chi connectivity index (χ3n) is 3.53. The minimum Gasteiger partial charge on any atom is -0.324 e. The second kappa shape index (κ2) is 7.86. The Morgan fingerprint density at radius 2 is 1.76 bits per heavy atom. The molecule has 134 valence electrons. The molecule has 0 saturated heterocycles. The number of amides is 1. The maximum absolute atomic E-state index is 12.6. The number of nitrogens with one attached hydrogen (secondary N) is 1. The van der Waals surface area contributed by atoms with Crippen molar-refractivity contribution < 1.29 is 13.2 Å². The Labute approximate surface area is 153 Å². The van der Waals surface area contributed by atoms with Gasteiger partial charge in [0.1, 0.15) is 6.54 Å². The molecule has 2 aromatic rings. The zero-order valence-corrected chi connectivity index (χ0v) is 15.8. The molecule has 6 nitrogen and oxygen atoms in total. The molecule has 0 atom stereocenters. The van der Waals surface area contributed by atoms with E-state index in [1.807, 2.05) is 6.92 Å². The Bertz CT molecular complexity index is 855. The highest BCUT2D eigenvalue weighted by molar-refractivity contribution is 7.90. The number of anilines is 2. The van der Waals surface area contributed by atoms with E-state index in [0.29, 0.717) is 16.4 Å². The van der Waals surface area contributed by atoms with Crippen molar-refractivity contribution in [3.63, 3.8) is 0 Å². The molecule has 0 fully saturated rings. The van der Waals surface area contributed by atoms with Gasteiger partial charge in [0.2, 0.25) is 5.91 Å². The average Bonchev–Trinajstić information content (AvgIpc) is 2.56. The van der Waals surface area contributed by atoms with Crippen LogP contribution in [0.4, 0.5) is 11.4 Å². The van der Waals surface area contributed by atoms with Crippen LogP contribution in [0.15, 0.2) is 48.5 Å². The second-order valence-corrected chi connectivity index (χ2v) is 8.14. The highest BCUT2D eigenvalue weighted by atomic mass is 35.5. The van der Waals surface area contributed by atoms with Gasteiger partial charge in [0, 0.05) is 24.8 Å². The number of nitrogens with zero attached hydrogens (tertiary/aromatic N) is 2. The topological polar surface area (TPSA) is 69.7 Å². The number of carbonyl (C=O) groups is 1. The summed E-state index contributed by atoms with van der Waals surface area (Å²) in [5.74, 6) is -0.445. The maximum Gasteiger partial charge on any atom is 0.304 e. The summed E-state index contributed by atoms with van der Waals surface area (Å²) < 4.78 is 27.3. The summed E-state index contributed by atoms with van der Waals surface area (Å²) in [5.41, 5.74) is 1.80. The number of benzene rings is 2. The van der Waals surface area contributed by atoms with Gasteiger partial charge in [-0.1, -0.05) is 29.8 Å². The lowest BCUT2D eigenvalue weighted by Gasteiger charge is -2.27. The summed E-state index contributed by atoms with van der Waals surface area (Å²) in [7, 11) is -0.965. The molecule has 0 aromatic heterocycles. The summed E-state index contributed by atoms with van der Waals surface area (Å²) in [6, 6.07) is 13.6. The third-order valence-corrected chi connectivity index (χ3v) is 5.59. The van der Waals surface area contributed by atoms with E-state index in [0.717, 1.165) is 14.2 Å². The smallest absolute Gasteiger partial charge is 0.304 e. The zero-order chi connectivity index (χ0) is 18.6. The van der Waals surface area contributed by atoms with Gasteiger partial charge in [-0.2, -0.15) is 12.7 Å². The Hall–Kier alpha value is -2.09. The van der Waals surface area contributed by atoms with E-state index in [1.54, 1.807) is 48.5 Å². The Morgan fingerprint density at radius 1 is 1.12 bits per heavy atom. The minimum atomic E-state index is -3.81.